The zero-order chi connectivity index (χ0) is 33.1. The summed E-state index contributed by atoms with van der Waals surface area (Å²) >= 11 is 0. The lowest BCUT2D eigenvalue weighted by molar-refractivity contribution is -0.146. The van der Waals surface area contributed by atoms with Crippen molar-refractivity contribution in [1.82, 2.24) is 25.1 Å². The number of aromatic nitrogens is 2. The molecule has 46 heavy (non-hydrogen) atoms. The van der Waals surface area contributed by atoms with Crippen LogP contribution in [0.3, 0.4) is 0 Å². The largest absolute Gasteiger partial charge is 0.379 e. The molecule has 1 aliphatic heterocycles. The average Bonchev–Trinajstić information content (AvgIpc) is 3.61. The van der Waals surface area contributed by atoms with Gasteiger partial charge in [-0.05, 0) is 24.3 Å². The molecular formula is C31H47N6O8P. The van der Waals surface area contributed by atoms with Crippen LogP contribution in [0.5, 0.6) is 0 Å². The van der Waals surface area contributed by atoms with Crippen molar-refractivity contribution >= 4 is 25.4 Å². The van der Waals surface area contributed by atoms with Crippen LogP contribution in [0.4, 0.5) is 4.79 Å². The van der Waals surface area contributed by atoms with E-state index in [1.54, 1.807) is 0 Å². The van der Waals surface area contributed by atoms with Gasteiger partial charge in [0.2, 0.25) is 5.91 Å². The normalized spacial score (nSPS) is 18.7. The topological polar surface area (TPSA) is 189 Å². The number of nitrogens with zero attached hydrogens (tertiary/aromatic N) is 3. The van der Waals surface area contributed by atoms with Crippen LogP contribution in [0, 0.1) is 5.92 Å². The van der Waals surface area contributed by atoms with Gasteiger partial charge in [0, 0.05) is 45.6 Å². The van der Waals surface area contributed by atoms with Crippen molar-refractivity contribution in [2.24, 2.45) is 11.7 Å². The molecule has 4 amide bonds. The van der Waals surface area contributed by atoms with E-state index in [0.29, 0.717) is 32.0 Å². The summed E-state index contributed by atoms with van der Waals surface area (Å²) in [6.45, 7) is 1.25. The Balaban J connectivity index is 1.79. The van der Waals surface area contributed by atoms with Gasteiger partial charge >= 0.3 is 13.6 Å². The standard InChI is InChI=1S/C31H47N6O8P/c1-43-46(42,44-2)30(40)27(18-23-11-7-4-8-12-23)37(29(39)25(32)17-22-9-5-3-6-10-22)26(19-24-20-33-21-34-24)28(38)35-31(41)36-13-15-45-16-14-36/h3,5-6,9-10,20-21,23,25-27,30,40H,4,7-8,11-19,32H2,1-2H3,(H,33,34)(H,35,38,41)/t25-,26-,27-,30?/m0/s1. The highest BCUT2D eigenvalue weighted by atomic mass is 31.2. The van der Waals surface area contributed by atoms with Crippen LogP contribution in [-0.2, 0) is 40.8 Å². The van der Waals surface area contributed by atoms with Gasteiger partial charge in [0.15, 0.2) is 5.85 Å². The number of imide groups is 1. The molecule has 0 radical (unpaired) electrons. The minimum atomic E-state index is -4.20. The first kappa shape index (κ1) is 35.7. The number of aliphatic hydroxyl groups excluding tert-OH is 1. The van der Waals surface area contributed by atoms with Crippen molar-refractivity contribution in [2.75, 3.05) is 40.5 Å². The van der Waals surface area contributed by atoms with E-state index >= 15 is 0 Å². The van der Waals surface area contributed by atoms with Crippen molar-refractivity contribution in [3.63, 3.8) is 0 Å². The van der Waals surface area contributed by atoms with Gasteiger partial charge < -0.3 is 39.4 Å². The number of carbonyl (C=O) groups excluding carboxylic acids is 3. The molecule has 1 saturated carbocycles. The molecule has 1 aromatic carbocycles. The number of aliphatic hydroxyl groups is 1. The molecule has 5 N–H and O–H groups in total. The number of benzene rings is 1. The van der Waals surface area contributed by atoms with Gasteiger partial charge in [-0.25, -0.2) is 9.78 Å². The Bertz CT molecular complexity index is 1300. The van der Waals surface area contributed by atoms with Crippen LogP contribution in [0.15, 0.2) is 42.9 Å². The summed E-state index contributed by atoms with van der Waals surface area (Å²) in [6.07, 6.45) is 7.87. The number of nitrogens with two attached hydrogens (primary N) is 1. The highest BCUT2D eigenvalue weighted by Crippen LogP contribution is 2.53. The highest BCUT2D eigenvalue weighted by molar-refractivity contribution is 7.54. The fourth-order valence-corrected chi connectivity index (χ4v) is 7.56. The molecule has 14 nitrogen and oxygen atoms in total. The van der Waals surface area contributed by atoms with Crippen LogP contribution in [0.2, 0.25) is 0 Å². The van der Waals surface area contributed by atoms with Gasteiger partial charge in [-0.2, -0.15) is 0 Å². The Labute approximate surface area is 269 Å². The first-order valence-electron chi connectivity index (χ1n) is 15.8. The molecule has 15 heteroatoms. The third kappa shape index (κ3) is 9.24. The SMILES string of the molecule is COP(=O)(OC)C(O)[C@H](CC1CCCCC1)N(C(=O)[C@@H](N)Cc1ccccc1)[C@@H](Cc1cnc[nH]1)C(=O)NC(=O)N1CCOCC1. The minimum absolute atomic E-state index is 0.0575. The van der Waals surface area contributed by atoms with Crippen molar-refractivity contribution < 1.29 is 37.8 Å². The van der Waals surface area contributed by atoms with Gasteiger partial charge in [-0.15, -0.1) is 0 Å². The van der Waals surface area contributed by atoms with Gasteiger partial charge in [0.25, 0.3) is 5.91 Å². The molecule has 1 aromatic heterocycles. The summed E-state index contributed by atoms with van der Waals surface area (Å²) < 4.78 is 29.5. The second-order valence-electron chi connectivity index (χ2n) is 11.9. The first-order chi connectivity index (χ1) is 22.2. The molecule has 4 atom stereocenters. The van der Waals surface area contributed by atoms with E-state index < -0.39 is 49.4 Å². The smallest absolute Gasteiger partial charge is 0.360 e. The third-order valence-electron chi connectivity index (χ3n) is 8.84. The summed E-state index contributed by atoms with van der Waals surface area (Å²) in [4.78, 5) is 51.7. The van der Waals surface area contributed by atoms with E-state index in [0.717, 1.165) is 51.9 Å². The number of carbonyl (C=O) groups is 3. The lowest BCUT2D eigenvalue weighted by atomic mass is 9.84. The molecule has 1 saturated heterocycles. The Morgan fingerprint density at radius 3 is 2.41 bits per heavy atom. The number of aromatic amines is 1. The third-order valence-corrected chi connectivity index (χ3v) is 10.8. The van der Waals surface area contributed by atoms with Gasteiger partial charge in [-0.1, -0.05) is 62.4 Å². The van der Waals surface area contributed by atoms with E-state index in [-0.39, 0.29) is 25.2 Å². The monoisotopic (exact) mass is 662 g/mol. The molecule has 2 aliphatic rings. The maximum absolute atomic E-state index is 14.6. The maximum Gasteiger partial charge on any atom is 0.360 e. The van der Waals surface area contributed by atoms with Crippen LogP contribution >= 0.6 is 7.60 Å². The number of rotatable bonds is 14. The number of urea groups is 1. The molecule has 2 fully saturated rings. The highest BCUT2D eigenvalue weighted by Gasteiger charge is 2.48. The van der Waals surface area contributed by atoms with Crippen LogP contribution in [0.1, 0.15) is 49.8 Å². The van der Waals surface area contributed by atoms with Crippen LogP contribution in [-0.4, -0.2) is 107 Å². The lowest BCUT2D eigenvalue weighted by Gasteiger charge is -2.43. The Kier molecular flexibility index (Phi) is 13.3. The number of H-pyrrole nitrogens is 1. The molecule has 1 aliphatic carbocycles. The fraction of sp³-hybridized carbons (Fsp3) is 0.613. The number of hydrogen-bond donors (Lipinski definition) is 4. The van der Waals surface area contributed by atoms with E-state index in [2.05, 4.69) is 15.3 Å². The number of hydrogen-bond acceptors (Lipinski definition) is 10. The number of ether oxygens (including phenoxy) is 1. The molecule has 2 aromatic rings. The average molecular weight is 663 g/mol. The van der Waals surface area contributed by atoms with Gasteiger partial charge in [-0.3, -0.25) is 19.5 Å². The number of imidazole rings is 1. The summed E-state index contributed by atoms with van der Waals surface area (Å²) in [6, 6.07) is 4.86. The van der Waals surface area contributed by atoms with Crippen LogP contribution < -0.4 is 11.1 Å². The molecule has 2 heterocycles. The molecule has 1 unspecified atom stereocenters. The van der Waals surface area contributed by atoms with E-state index in [9.17, 15) is 24.1 Å². The van der Waals surface area contributed by atoms with E-state index in [1.165, 1.54) is 22.3 Å². The molecule has 0 spiro atoms. The predicted octanol–water partition coefficient (Wildman–Crippen LogP) is 2.43. The van der Waals surface area contributed by atoms with E-state index in [1.807, 2.05) is 30.3 Å². The second-order valence-corrected chi connectivity index (χ2v) is 14.2. The zero-order valence-corrected chi connectivity index (χ0v) is 27.5. The molecule has 0 bridgehead atoms. The van der Waals surface area contributed by atoms with Crippen molar-refractivity contribution in [3.05, 3.63) is 54.1 Å². The maximum atomic E-state index is 14.6. The van der Waals surface area contributed by atoms with Crippen molar-refractivity contribution in [2.45, 2.75) is 75.3 Å². The Morgan fingerprint density at radius 1 is 1.13 bits per heavy atom. The molecular weight excluding hydrogens is 615 g/mol. The summed E-state index contributed by atoms with van der Waals surface area (Å²) in [5.41, 5.74) is 7.88. The predicted molar refractivity (Wildman–Crippen MR) is 170 cm³/mol. The Morgan fingerprint density at radius 2 is 1.80 bits per heavy atom. The molecule has 4 rings (SSSR count). The van der Waals surface area contributed by atoms with Gasteiger partial charge in [0.1, 0.15) is 6.04 Å². The zero-order valence-electron chi connectivity index (χ0n) is 26.6. The Hall–Kier alpha value is -3.13. The van der Waals surface area contributed by atoms with E-state index in [4.69, 9.17) is 19.5 Å². The van der Waals surface area contributed by atoms with Gasteiger partial charge in [0.05, 0.1) is 31.6 Å². The molecule has 254 valence electrons. The summed E-state index contributed by atoms with van der Waals surface area (Å²) in [5.74, 6) is -3.19. The van der Waals surface area contributed by atoms with Crippen LogP contribution in [0.25, 0.3) is 0 Å². The lowest BCUT2D eigenvalue weighted by Crippen LogP contribution is -2.63. The first-order valence-corrected chi connectivity index (χ1v) is 17.4. The summed E-state index contributed by atoms with van der Waals surface area (Å²) in [7, 11) is -1.87. The number of nitrogens with one attached hydrogen (secondary N) is 2. The summed E-state index contributed by atoms with van der Waals surface area (Å²) in [5, 5.41) is 14.3. The van der Waals surface area contributed by atoms with Crippen molar-refractivity contribution in [1.29, 1.82) is 0 Å². The number of morpholine rings is 1. The second kappa shape index (κ2) is 17.1. The minimum Gasteiger partial charge on any atom is -0.379 e. The van der Waals surface area contributed by atoms with Crippen molar-refractivity contribution in [3.8, 4) is 0 Å². The quantitative estimate of drug-likeness (QED) is 0.219. The number of amides is 4. The fourth-order valence-electron chi connectivity index (χ4n) is 6.30.